The van der Waals surface area contributed by atoms with Gasteiger partial charge in [-0.1, -0.05) is 6.07 Å². The lowest BCUT2D eigenvalue weighted by molar-refractivity contribution is 0.669. The lowest BCUT2D eigenvalue weighted by atomic mass is 10.2. The molecule has 0 atom stereocenters. The van der Waals surface area contributed by atoms with Gasteiger partial charge in [0.2, 0.25) is 0 Å². The Balaban J connectivity index is 1.64. The highest BCUT2D eigenvalue weighted by Gasteiger charge is 1.98. The zero-order chi connectivity index (χ0) is 11.5. The molecular weight excluding hydrogens is 230 g/mol. The van der Waals surface area contributed by atoms with Gasteiger partial charge in [0.05, 0.1) is 6.54 Å². The number of H-pyrrole nitrogens is 1. The van der Waals surface area contributed by atoms with Crippen LogP contribution in [0.25, 0.3) is 10.1 Å². The number of aromatic amines is 1. The van der Waals surface area contributed by atoms with E-state index in [0.29, 0.717) is 0 Å². The fourth-order valence-corrected chi connectivity index (χ4v) is 2.62. The molecule has 17 heavy (non-hydrogen) atoms. The minimum atomic E-state index is 0.772. The monoisotopic (exact) mass is 243 g/mol. The Morgan fingerprint density at radius 1 is 1.24 bits per heavy atom. The second-order valence-electron chi connectivity index (χ2n) is 3.93. The molecule has 0 radical (unpaired) electrons. The molecule has 2 N–H and O–H groups in total. The molecule has 3 aromatic rings. The van der Waals surface area contributed by atoms with E-state index >= 15 is 0 Å². The predicted octanol–water partition coefficient (Wildman–Crippen LogP) is 2.91. The molecule has 2 aromatic heterocycles. The van der Waals surface area contributed by atoms with Crippen molar-refractivity contribution in [1.29, 1.82) is 0 Å². The largest absolute Gasteiger partial charge is 0.348 e. The number of benzene rings is 1. The van der Waals surface area contributed by atoms with Gasteiger partial charge in [0.15, 0.2) is 0 Å². The van der Waals surface area contributed by atoms with Crippen LogP contribution in [0.5, 0.6) is 0 Å². The minimum Gasteiger partial charge on any atom is -0.348 e. The Labute approximate surface area is 104 Å². The van der Waals surface area contributed by atoms with Crippen molar-refractivity contribution < 1.29 is 0 Å². The maximum atomic E-state index is 4.17. The summed E-state index contributed by atoms with van der Waals surface area (Å²) in [5, 5.41) is 6.83. The molecule has 0 fully saturated rings. The minimum absolute atomic E-state index is 0.772. The summed E-state index contributed by atoms with van der Waals surface area (Å²) in [4.78, 5) is 7.25. The zero-order valence-electron chi connectivity index (χ0n) is 9.31. The van der Waals surface area contributed by atoms with E-state index < -0.39 is 0 Å². The van der Waals surface area contributed by atoms with Crippen molar-refractivity contribution in [2.75, 3.05) is 0 Å². The van der Waals surface area contributed by atoms with Gasteiger partial charge in [-0.15, -0.1) is 11.3 Å². The van der Waals surface area contributed by atoms with Crippen LogP contribution in [0.4, 0.5) is 0 Å². The Kier molecular flexibility index (Phi) is 2.90. The SMILES string of the molecule is c1c[nH]c(CNCc2ccc3sccc3c2)n1. The summed E-state index contributed by atoms with van der Waals surface area (Å²) in [6, 6.07) is 8.76. The van der Waals surface area contributed by atoms with Gasteiger partial charge in [-0.05, 0) is 34.5 Å². The Morgan fingerprint density at radius 3 is 3.12 bits per heavy atom. The summed E-state index contributed by atoms with van der Waals surface area (Å²) in [6.07, 6.45) is 3.61. The third-order valence-corrected chi connectivity index (χ3v) is 3.59. The van der Waals surface area contributed by atoms with Gasteiger partial charge in [0.1, 0.15) is 5.82 Å². The Hall–Kier alpha value is -1.65. The molecule has 3 rings (SSSR count). The predicted molar refractivity (Wildman–Crippen MR) is 71.0 cm³/mol. The molecule has 0 aliphatic rings. The average molecular weight is 243 g/mol. The van der Waals surface area contributed by atoms with Crippen molar-refractivity contribution >= 4 is 21.4 Å². The van der Waals surface area contributed by atoms with Crippen molar-refractivity contribution in [1.82, 2.24) is 15.3 Å². The maximum Gasteiger partial charge on any atom is 0.120 e. The number of rotatable bonds is 4. The number of thiophene rings is 1. The number of hydrogen-bond acceptors (Lipinski definition) is 3. The second-order valence-corrected chi connectivity index (χ2v) is 4.88. The highest BCUT2D eigenvalue weighted by molar-refractivity contribution is 7.17. The zero-order valence-corrected chi connectivity index (χ0v) is 10.1. The number of nitrogens with one attached hydrogen (secondary N) is 2. The highest BCUT2D eigenvalue weighted by Crippen LogP contribution is 2.21. The Morgan fingerprint density at radius 2 is 2.24 bits per heavy atom. The summed E-state index contributed by atoms with van der Waals surface area (Å²) in [5.74, 6) is 0.974. The van der Waals surface area contributed by atoms with Crippen LogP contribution < -0.4 is 5.32 Å². The number of hydrogen-bond donors (Lipinski definition) is 2. The molecule has 1 aromatic carbocycles. The van der Waals surface area contributed by atoms with Crippen LogP contribution in [-0.2, 0) is 13.1 Å². The maximum absolute atomic E-state index is 4.17. The fraction of sp³-hybridized carbons (Fsp3) is 0.154. The van der Waals surface area contributed by atoms with Crippen LogP contribution in [0.1, 0.15) is 11.4 Å². The van der Waals surface area contributed by atoms with E-state index in [1.807, 2.05) is 6.20 Å². The van der Waals surface area contributed by atoms with E-state index in [2.05, 4.69) is 44.9 Å². The average Bonchev–Trinajstić information content (AvgIpc) is 2.98. The first-order valence-electron chi connectivity index (χ1n) is 5.57. The van der Waals surface area contributed by atoms with Crippen molar-refractivity contribution in [2.45, 2.75) is 13.1 Å². The molecule has 3 nitrogen and oxygen atoms in total. The number of nitrogens with zero attached hydrogens (tertiary/aromatic N) is 1. The third kappa shape index (κ3) is 2.38. The van der Waals surface area contributed by atoms with E-state index in [0.717, 1.165) is 18.9 Å². The molecule has 0 amide bonds. The summed E-state index contributed by atoms with van der Waals surface area (Å²) in [7, 11) is 0. The molecular formula is C13H13N3S. The molecule has 0 saturated heterocycles. The molecule has 0 aliphatic heterocycles. The van der Waals surface area contributed by atoms with Crippen molar-refractivity contribution in [2.24, 2.45) is 0 Å². The molecule has 0 aliphatic carbocycles. The molecule has 2 heterocycles. The van der Waals surface area contributed by atoms with E-state index in [9.17, 15) is 0 Å². The molecule has 0 bridgehead atoms. The van der Waals surface area contributed by atoms with Crippen molar-refractivity contribution in [3.63, 3.8) is 0 Å². The summed E-state index contributed by atoms with van der Waals surface area (Å²) in [6.45, 7) is 1.64. The van der Waals surface area contributed by atoms with Crippen LogP contribution >= 0.6 is 11.3 Å². The van der Waals surface area contributed by atoms with Gasteiger partial charge < -0.3 is 10.3 Å². The first-order chi connectivity index (χ1) is 8.42. The molecule has 86 valence electrons. The number of fused-ring (bicyclic) bond motifs is 1. The lowest BCUT2D eigenvalue weighted by Gasteiger charge is -2.03. The number of aromatic nitrogens is 2. The lowest BCUT2D eigenvalue weighted by Crippen LogP contribution is -2.13. The quantitative estimate of drug-likeness (QED) is 0.739. The summed E-state index contributed by atoms with van der Waals surface area (Å²) < 4.78 is 1.35. The van der Waals surface area contributed by atoms with Crippen LogP contribution in [-0.4, -0.2) is 9.97 Å². The van der Waals surface area contributed by atoms with Gasteiger partial charge in [-0.3, -0.25) is 0 Å². The second kappa shape index (κ2) is 4.69. The van der Waals surface area contributed by atoms with E-state index in [1.54, 1.807) is 17.5 Å². The van der Waals surface area contributed by atoms with Gasteiger partial charge in [-0.2, -0.15) is 0 Å². The van der Waals surface area contributed by atoms with Crippen molar-refractivity contribution in [3.8, 4) is 0 Å². The molecule has 0 spiro atoms. The fourth-order valence-electron chi connectivity index (χ4n) is 1.85. The van der Waals surface area contributed by atoms with Crippen molar-refractivity contribution in [3.05, 3.63) is 53.4 Å². The smallest absolute Gasteiger partial charge is 0.120 e. The summed E-state index contributed by atoms with van der Waals surface area (Å²) in [5.41, 5.74) is 1.31. The highest BCUT2D eigenvalue weighted by atomic mass is 32.1. The van der Waals surface area contributed by atoms with E-state index in [1.165, 1.54) is 15.6 Å². The van der Waals surface area contributed by atoms with Crippen LogP contribution in [0.2, 0.25) is 0 Å². The normalized spacial score (nSPS) is 11.1. The molecule has 4 heteroatoms. The van der Waals surface area contributed by atoms with Gasteiger partial charge in [0, 0.05) is 23.6 Å². The number of imidazole rings is 1. The van der Waals surface area contributed by atoms with Gasteiger partial charge in [0.25, 0.3) is 0 Å². The van der Waals surface area contributed by atoms with E-state index in [4.69, 9.17) is 0 Å². The van der Waals surface area contributed by atoms with Crippen LogP contribution in [0, 0.1) is 0 Å². The topological polar surface area (TPSA) is 40.7 Å². The molecule has 0 saturated carbocycles. The standard InChI is InChI=1S/C13H13N3S/c1-2-12-11(3-6-17-12)7-10(1)8-14-9-13-15-4-5-16-13/h1-7,14H,8-9H2,(H,15,16). The first kappa shape index (κ1) is 10.5. The van der Waals surface area contributed by atoms with E-state index in [-0.39, 0.29) is 0 Å². The van der Waals surface area contributed by atoms with Crippen LogP contribution in [0.15, 0.2) is 42.0 Å². The van der Waals surface area contributed by atoms with Crippen LogP contribution in [0.3, 0.4) is 0 Å². The summed E-state index contributed by atoms with van der Waals surface area (Å²) >= 11 is 1.78. The molecule has 0 unspecified atom stereocenters. The third-order valence-electron chi connectivity index (χ3n) is 2.69. The van der Waals surface area contributed by atoms with Gasteiger partial charge >= 0.3 is 0 Å². The van der Waals surface area contributed by atoms with Gasteiger partial charge in [-0.25, -0.2) is 4.98 Å². The first-order valence-corrected chi connectivity index (χ1v) is 6.45. The Bertz CT molecular complexity index is 598.